The van der Waals surface area contributed by atoms with E-state index in [0.29, 0.717) is 12.5 Å². The van der Waals surface area contributed by atoms with Gasteiger partial charge in [-0.05, 0) is 47.6 Å². The lowest BCUT2D eigenvalue weighted by Crippen LogP contribution is -2.45. The molecule has 4 atom stereocenters. The number of carbonyl (C=O) groups excluding carboxylic acids is 1. The highest BCUT2D eigenvalue weighted by atomic mass is 16.3. The summed E-state index contributed by atoms with van der Waals surface area (Å²) in [5, 5.41) is 4.65. The van der Waals surface area contributed by atoms with E-state index in [1.165, 1.54) is 16.7 Å². The molecule has 1 amide bonds. The zero-order chi connectivity index (χ0) is 26.9. The molecule has 200 valence electrons. The second-order valence-electron chi connectivity index (χ2n) is 11.2. The monoisotopic (exact) mass is 526 g/mol. The third-order valence-electron chi connectivity index (χ3n) is 8.92. The Morgan fingerprint density at radius 2 is 1.48 bits per heavy atom. The van der Waals surface area contributed by atoms with E-state index in [-0.39, 0.29) is 23.8 Å². The van der Waals surface area contributed by atoms with Crippen LogP contribution in [0.15, 0.2) is 120 Å². The Balaban J connectivity index is 1.20. The van der Waals surface area contributed by atoms with Crippen molar-refractivity contribution in [1.82, 2.24) is 10.2 Å². The van der Waals surface area contributed by atoms with Crippen LogP contribution < -0.4 is 5.32 Å². The van der Waals surface area contributed by atoms with Gasteiger partial charge in [-0.3, -0.25) is 4.79 Å². The van der Waals surface area contributed by atoms with Crippen LogP contribution in [0.25, 0.3) is 22.3 Å². The Labute approximate surface area is 235 Å². The summed E-state index contributed by atoms with van der Waals surface area (Å²) in [4.78, 5) is 16.6. The Morgan fingerprint density at radius 3 is 2.27 bits per heavy atom. The minimum Gasteiger partial charge on any atom is -0.456 e. The number of nitrogens with zero attached hydrogens (tertiary/aromatic N) is 1. The summed E-state index contributed by atoms with van der Waals surface area (Å²) in [6.07, 6.45) is 1.93. The molecule has 40 heavy (non-hydrogen) atoms. The molecule has 1 N–H and O–H groups in total. The van der Waals surface area contributed by atoms with Crippen molar-refractivity contribution in [2.45, 2.75) is 30.7 Å². The SMILES string of the molecule is O=C([C@@H]1CNC[C@H]1c1ccccc1-c1cc2ccccc2o1)N1CC[C@H](c2ccccc2)C[C@@H]1c1ccccc1. The Kier molecular flexibility index (Phi) is 6.70. The van der Waals surface area contributed by atoms with Crippen LogP contribution in [0.4, 0.5) is 0 Å². The topological polar surface area (TPSA) is 45.5 Å². The number of hydrogen-bond acceptors (Lipinski definition) is 3. The molecule has 0 spiro atoms. The number of piperidine rings is 1. The van der Waals surface area contributed by atoms with Gasteiger partial charge in [0.05, 0.1) is 12.0 Å². The van der Waals surface area contributed by atoms with Gasteiger partial charge >= 0.3 is 0 Å². The first kappa shape index (κ1) is 24.9. The lowest BCUT2D eigenvalue weighted by atomic mass is 9.80. The summed E-state index contributed by atoms with van der Waals surface area (Å²) >= 11 is 0. The van der Waals surface area contributed by atoms with Gasteiger partial charge in [0.2, 0.25) is 5.91 Å². The van der Waals surface area contributed by atoms with E-state index < -0.39 is 0 Å². The molecular formula is C36H34N2O2. The number of benzene rings is 4. The lowest BCUT2D eigenvalue weighted by molar-refractivity contribution is -0.139. The highest BCUT2D eigenvalue weighted by molar-refractivity contribution is 5.85. The van der Waals surface area contributed by atoms with E-state index in [4.69, 9.17) is 4.42 Å². The molecule has 0 radical (unpaired) electrons. The van der Waals surface area contributed by atoms with E-state index in [1.807, 2.05) is 18.2 Å². The van der Waals surface area contributed by atoms with Crippen LogP contribution >= 0.6 is 0 Å². The van der Waals surface area contributed by atoms with Gasteiger partial charge in [0, 0.05) is 36.5 Å². The fourth-order valence-electron chi connectivity index (χ4n) is 6.89. The number of rotatable bonds is 5. The predicted octanol–water partition coefficient (Wildman–Crippen LogP) is 7.55. The standard InChI is InChI=1S/C36H34N2O2/c39-36(38-20-19-27(25-11-3-1-4-12-25)21-33(38)26-13-5-2-6-14-26)32-24-37-23-31(32)29-16-8-9-17-30(29)35-22-28-15-7-10-18-34(28)40-35/h1-18,22,27,31-33,37H,19-21,23-24H2/t27-,31-,32+,33+/m0/s1. The Bertz CT molecular complexity index is 1580. The second-order valence-corrected chi connectivity index (χ2v) is 11.2. The highest BCUT2D eigenvalue weighted by Gasteiger charge is 2.41. The largest absolute Gasteiger partial charge is 0.456 e. The van der Waals surface area contributed by atoms with Gasteiger partial charge in [-0.1, -0.05) is 103 Å². The number of hydrogen-bond donors (Lipinski definition) is 1. The molecule has 0 bridgehead atoms. The zero-order valence-corrected chi connectivity index (χ0v) is 22.6. The smallest absolute Gasteiger partial charge is 0.228 e. The summed E-state index contributed by atoms with van der Waals surface area (Å²) in [6, 6.07) is 40.1. The van der Waals surface area contributed by atoms with Crippen LogP contribution in [0.5, 0.6) is 0 Å². The number of amides is 1. The van der Waals surface area contributed by atoms with E-state index in [0.717, 1.165) is 48.2 Å². The molecule has 5 aromatic rings. The van der Waals surface area contributed by atoms with E-state index in [9.17, 15) is 4.79 Å². The van der Waals surface area contributed by atoms with E-state index in [2.05, 4.69) is 107 Å². The van der Waals surface area contributed by atoms with Gasteiger partial charge < -0.3 is 14.6 Å². The molecule has 2 aliphatic heterocycles. The van der Waals surface area contributed by atoms with E-state index >= 15 is 0 Å². The quantitative estimate of drug-likeness (QED) is 0.257. The third kappa shape index (κ3) is 4.63. The average molecular weight is 527 g/mol. The lowest BCUT2D eigenvalue weighted by Gasteiger charge is -2.42. The molecule has 2 saturated heterocycles. The van der Waals surface area contributed by atoms with Crippen molar-refractivity contribution in [3.05, 3.63) is 132 Å². The second kappa shape index (κ2) is 10.8. The van der Waals surface area contributed by atoms with Crippen molar-refractivity contribution < 1.29 is 9.21 Å². The van der Waals surface area contributed by atoms with Crippen molar-refractivity contribution in [1.29, 1.82) is 0 Å². The molecule has 3 heterocycles. The maximum absolute atomic E-state index is 14.5. The zero-order valence-electron chi connectivity index (χ0n) is 22.6. The summed E-state index contributed by atoms with van der Waals surface area (Å²) in [5.74, 6) is 1.53. The summed E-state index contributed by atoms with van der Waals surface area (Å²) in [6.45, 7) is 2.24. The molecule has 0 unspecified atom stereocenters. The van der Waals surface area contributed by atoms with Crippen molar-refractivity contribution in [2.24, 2.45) is 5.92 Å². The Hall–Kier alpha value is -4.15. The molecule has 2 fully saturated rings. The van der Waals surface area contributed by atoms with Crippen molar-refractivity contribution in [3.63, 3.8) is 0 Å². The van der Waals surface area contributed by atoms with Gasteiger partial charge in [0.1, 0.15) is 11.3 Å². The first-order chi connectivity index (χ1) is 19.8. The number of furan rings is 1. The van der Waals surface area contributed by atoms with Gasteiger partial charge in [-0.2, -0.15) is 0 Å². The molecule has 2 aliphatic rings. The highest BCUT2D eigenvalue weighted by Crippen LogP contribution is 2.43. The number of para-hydroxylation sites is 1. The minimum atomic E-state index is -0.120. The maximum atomic E-state index is 14.5. The molecule has 4 heteroatoms. The summed E-state index contributed by atoms with van der Waals surface area (Å²) in [7, 11) is 0. The molecule has 1 aromatic heterocycles. The number of likely N-dealkylation sites (tertiary alicyclic amines) is 1. The van der Waals surface area contributed by atoms with Crippen LogP contribution in [0, 0.1) is 5.92 Å². The molecular weight excluding hydrogens is 492 g/mol. The van der Waals surface area contributed by atoms with Crippen LogP contribution in [0.1, 0.15) is 47.4 Å². The number of carbonyl (C=O) groups is 1. The molecule has 4 nitrogen and oxygen atoms in total. The first-order valence-corrected chi connectivity index (χ1v) is 14.5. The number of fused-ring (bicyclic) bond motifs is 1. The molecule has 7 rings (SSSR count). The van der Waals surface area contributed by atoms with Gasteiger partial charge in [-0.15, -0.1) is 0 Å². The van der Waals surface area contributed by atoms with Gasteiger partial charge in [0.15, 0.2) is 0 Å². The first-order valence-electron chi connectivity index (χ1n) is 14.5. The van der Waals surface area contributed by atoms with Crippen LogP contribution in [0.2, 0.25) is 0 Å². The maximum Gasteiger partial charge on any atom is 0.228 e. The minimum absolute atomic E-state index is 0.0690. The van der Waals surface area contributed by atoms with Crippen LogP contribution in [-0.4, -0.2) is 30.4 Å². The van der Waals surface area contributed by atoms with Crippen molar-refractivity contribution >= 4 is 16.9 Å². The summed E-state index contributed by atoms with van der Waals surface area (Å²) in [5.41, 5.74) is 5.74. The van der Waals surface area contributed by atoms with Gasteiger partial charge in [-0.25, -0.2) is 0 Å². The fraction of sp³-hybridized carbons (Fsp3) is 0.250. The Morgan fingerprint density at radius 1 is 0.775 bits per heavy atom. The molecule has 4 aromatic carbocycles. The predicted molar refractivity (Wildman–Crippen MR) is 160 cm³/mol. The van der Waals surface area contributed by atoms with Crippen molar-refractivity contribution in [3.8, 4) is 11.3 Å². The fourth-order valence-corrected chi connectivity index (χ4v) is 6.89. The van der Waals surface area contributed by atoms with Crippen LogP contribution in [-0.2, 0) is 4.79 Å². The van der Waals surface area contributed by atoms with Crippen molar-refractivity contribution in [2.75, 3.05) is 19.6 Å². The van der Waals surface area contributed by atoms with Crippen LogP contribution in [0.3, 0.4) is 0 Å². The average Bonchev–Trinajstić information content (AvgIpc) is 3.69. The number of nitrogens with one attached hydrogen (secondary N) is 1. The summed E-state index contributed by atoms with van der Waals surface area (Å²) < 4.78 is 6.28. The van der Waals surface area contributed by atoms with E-state index in [1.54, 1.807) is 0 Å². The molecule has 0 aliphatic carbocycles. The molecule has 0 saturated carbocycles. The third-order valence-corrected chi connectivity index (χ3v) is 8.92. The van der Waals surface area contributed by atoms with Gasteiger partial charge in [0.25, 0.3) is 0 Å². The normalized spacial score (nSPS) is 22.9.